The minimum Gasteiger partial charge on any atom is -0.504 e. The molecule has 7 nitrogen and oxygen atoms in total. The molecule has 1 fully saturated rings. The number of carbonyl (C=O) groups excluding carboxylic acids is 1. The van der Waals surface area contributed by atoms with Gasteiger partial charge >= 0.3 is 6.09 Å². The van der Waals surface area contributed by atoms with Crippen LogP contribution < -0.4 is 9.47 Å². The summed E-state index contributed by atoms with van der Waals surface area (Å²) in [6, 6.07) is 20.7. The van der Waals surface area contributed by atoms with E-state index in [1.165, 1.54) is 0 Å². The van der Waals surface area contributed by atoms with Crippen molar-refractivity contribution in [2.24, 2.45) is 0 Å². The van der Waals surface area contributed by atoms with Gasteiger partial charge in [0.05, 0.1) is 18.6 Å². The number of H-pyrrole nitrogens is 1. The third kappa shape index (κ3) is 3.82. The van der Waals surface area contributed by atoms with Crippen LogP contribution in [0.4, 0.5) is 4.79 Å². The monoisotopic (exact) mass is 418 g/mol. The first-order valence-corrected chi connectivity index (χ1v) is 10.2. The number of cyclic esters (lactones) is 1. The van der Waals surface area contributed by atoms with Crippen molar-refractivity contribution in [3.63, 3.8) is 0 Å². The Balaban J connectivity index is 1.20. The van der Waals surface area contributed by atoms with Crippen molar-refractivity contribution in [1.29, 1.82) is 0 Å². The van der Waals surface area contributed by atoms with Crippen LogP contribution in [-0.2, 0) is 4.74 Å². The Morgan fingerprint density at radius 3 is 2.65 bits per heavy atom. The highest BCUT2D eigenvalue weighted by Gasteiger charge is 2.31. The average molecular weight is 418 g/mol. The minimum atomic E-state index is -0.389. The molecule has 0 aliphatic carbocycles. The molecule has 158 valence electrons. The summed E-state index contributed by atoms with van der Waals surface area (Å²) in [5.74, 6) is 1.22. The summed E-state index contributed by atoms with van der Waals surface area (Å²) in [5.41, 5.74) is 2.06. The molecule has 1 unspecified atom stereocenters. The number of phenols is 1. The van der Waals surface area contributed by atoms with Crippen LogP contribution in [0.15, 0.2) is 66.7 Å². The molecule has 0 spiro atoms. The summed E-state index contributed by atoms with van der Waals surface area (Å²) in [4.78, 5) is 17.2. The maximum absolute atomic E-state index is 12.2. The number of phenolic OH excluding ortho intramolecular Hbond substituents is 1. The number of benzene rings is 3. The number of ether oxygens (including phenoxy) is 3. The molecule has 1 atom stereocenters. The molecule has 1 amide bonds. The summed E-state index contributed by atoms with van der Waals surface area (Å²) in [6.45, 7) is 1.31. The third-order valence-electron chi connectivity index (χ3n) is 5.35. The van der Waals surface area contributed by atoms with Crippen molar-refractivity contribution in [3.05, 3.63) is 66.7 Å². The molecule has 0 saturated carbocycles. The number of hydrogen-bond acceptors (Lipinski definition) is 5. The zero-order valence-corrected chi connectivity index (χ0v) is 16.8. The number of fused-ring (bicyclic) bond motifs is 3. The van der Waals surface area contributed by atoms with Crippen LogP contribution in [0.25, 0.3) is 21.8 Å². The lowest BCUT2D eigenvalue weighted by molar-refractivity contribution is 0.103. The molecule has 2 N–H and O–H groups in total. The first-order chi connectivity index (χ1) is 15.2. The van der Waals surface area contributed by atoms with E-state index in [0.717, 1.165) is 27.6 Å². The summed E-state index contributed by atoms with van der Waals surface area (Å²) >= 11 is 0. The highest BCUT2D eigenvalue weighted by Crippen LogP contribution is 2.33. The van der Waals surface area contributed by atoms with E-state index in [-0.39, 0.29) is 31.2 Å². The lowest BCUT2D eigenvalue weighted by Gasteiger charge is -2.14. The Labute approximate surface area is 178 Å². The van der Waals surface area contributed by atoms with Crippen LogP contribution in [0.3, 0.4) is 0 Å². The minimum absolute atomic E-state index is 0.0734. The van der Waals surface area contributed by atoms with Crippen molar-refractivity contribution in [3.8, 4) is 17.2 Å². The van der Waals surface area contributed by atoms with Crippen LogP contribution in [0.1, 0.15) is 0 Å². The molecule has 3 aromatic carbocycles. The van der Waals surface area contributed by atoms with E-state index in [2.05, 4.69) is 11.1 Å². The van der Waals surface area contributed by atoms with Gasteiger partial charge in [-0.15, -0.1) is 0 Å². The number of amides is 1. The van der Waals surface area contributed by atoms with Gasteiger partial charge in [0, 0.05) is 16.3 Å². The SMILES string of the molecule is O=C1OC(COc2cccc3[nH]c4ccccc4c23)CN1CCOc1ccccc1O. The first-order valence-electron chi connectivity index (χ1n) is 10.2. The van der Waals surface area contributed by atoms with E-state index < -0.39 is 0 Å². The van der Waals surface area contributed by atoms with Crippen molar-refractivity contribution >= 4 is 27.9 Å². The van der Waals surface area contributed by atoms with Gasteiger partial charge in [-0.2, -0.15) is 0 Å². The predicted molar refractivity (Wildman–Crippen MR) is 117 cm³/mol. The predicted octanol–water partition coefficient (Wildman–Crippen LogP) is 4.31. The molecule has 1 saturated heterocycles. The second-order valence-corrected chi connectivity index (χ2v) is 7.43. The quantitative estimate of drug-likeness (QED) is 0.467. The smallest absolute Gasteiger partial charge is 0.410 e. The summed E-state index contributed by atoms with van der Waals surface area (Å²) in [6.07, 6.45) is -0.752. The zero-order chi connectivity index (χ0) is 21.2. The highest BCUT2D eigenvalue weighted by molar-refractivity contribution is 6.10. The number of nitrogens with zero attached hydrogens (tertiary/aromatic N) is 1. The van der Waals surface area contributed by atoms with Crippen molar-refractivity contribution in [2.75, 3.05) is 26.3 Å². The lowest BCUT2D eigenvalue weighted by Crippen LogP contribution is -2.30. The molecule has 5 rings (SSSR count). The molecule has 0 radical (unpaired) electrons. The molecular formula is C24H22N2O5. The number of aromatic hydroxyl groups is 1. The second kappa shape index (κ2) is 8.10. The largest absolute Gasteiger partial charge is 0.504 e. The van der Waals surface area contributed by atoms with Crippen LogP contribution in [0.2, 0.25) is 0 Å². The summed E-state index contributed by atoms with van der Waals surface area (Å²) in [5, 5.41) is 11.9. The van der Waals surface area contributed by atoms with Gasteiger partial charge in [0.25, 0.3) is 0 Å². The van der Waals surface area contributed by atoms with Gasteiger partial charge in [-0.25, -0.2) is 4.79 Å². The summed E-state index contributed by atoms with van der Waals surface area (Å²) < 4.78 is 17.1. The molecule has 7 heteroatoms. The van der Waals surface area contributed by atoms with E-state index in [0.29, 0.717) is 18.8 Å². The van der Waals surface area contributed by atoms with E-state index in [1.54, 1.807) is 29.2 Å². The van der Waals surface area contributed by atoms with E-state index in [9.17, 15) is 9.90 Å². The second-order valence-electron chi connectivity index (χ2n) is 7.43. The maximum Gasteiger partial charge on any atom is 0.410 e. The van der Waals surface area contributed by atoms with Crippen LogP contribution >= 0.6 is 0 Å². The number of carbonyl (C=O) groups is 1. The van der Waals surface area contributed by atoms with Gasteiger partial charge in [0.2, 0.25) is 0 Å². The highest BCUT2D eigenvalue weighted by atomic mass is 16.6. The van der Waals surface area contributed by atoms with Crippen molar-refractivity contribution in [1.82, 2.24) is 9.88 Å². The first kappa shape index (κ1) is 19.1. The fraction of sp³-hybridized carbons (Fsp3) is 0.208. The standard InChI is InChI=1S/C24H22N2O5/c27-20-9-3-4-10-21(20)29-13-12-26-14-16(31-24(26)28)15-30-22-11-5-8-19-23(22)17-6-1-2-7-18(17)25-19/h1-11,16,25,27H,12-15H2. The topological polar surface area (TPSA) is 84.0 Å². The number of rotatable bonds is 7. The van der Waals surface area contributed by atoms with Gasteiger partial charge in [-0.1, -0.05) is 36.4 Å². The molecular weight excluding hydrogens is 396 g/mol. The summed E-state index contributed by atoms with van der Waals surface area (Å²) in [7, 11) is 0. The molecule has 2 heterocycles. The van der Waals surface area contributed by atoms with Crippen molar-refractivity contribution in [2.45, 2.75) is 6.10 Å². The Bertz CT molecular complexity index is 1240. The fourth-order valence-electron chi connectivity index (χ4n) is 3.86. The number of hydrogen-bond donors (Lipinski definition) is 2. The Morgan fingerprint density at radius 1 is 0.968 bits per heavy atom. The van der Waals surface area contributed by atoms with Gasteiger partial charge in [-0.05, 0) is 30.3 Å². The molecule has 31 heavy (non-hydrogen) atoms. The number of aromatic nitrogens is 1. The fourth-order valence-corrected chi connectivity index (χ4v) is 3.86. The van der Waals surface area contributed by atoms with E-state index in [1.807, 2.05) is 36.4 Å². The normalized spacial score (nSPS) is 16.1. The molecule has 4 aromatic rings. The maximum atomic E-state index is 12.2. The van der Waals surface area contributed by atoms with Crippen molar-refractivity contribution < 1.29 is 24.1 Å². The average Bonchev–Trinajstić information content (AvgIpc) is 3.34. The zero-order valence-electron chi connectivity index (χ0n) is 16.8. The van der Waals surface area contributed by atoms with Gasteiger partial charge in [-0.3, -0.25) is 0 Å². The van der Waals surface area contributed by atoms with E-state index >= 15 is 0 Å². The van der Waals surface area contributed by atoms with Gasteiger partial charge in [0.1, 0.15) is 19.0 Å². The lowest BCUT2D eigenvalue weighted by atomic mass is 10.1. The Kier molecular flexibility index (Phi) is 5.00. The number of aromatic amines is 1. The molecule has 1 aliphatic rings. The Morgan fingerprint density at radius 2 is 1.74 bits per heavy atom. The van der Waals surface area contributed by atoms with Crippen LogP contribution in [0, 0.1) is 0 Å². The molecule has 1 aromatic heterocycles. The Hall–Kier alpha value is -3.87. The number of para-hydroxylation sites is 3. The number of nitrogens with one attached hydrogen (secondary N) is 1. The van der Waals surface area contributed by atoms with Crippen LogP contribution in [0.5, 0.6) is 17.2 Å². The van der Waals surface area contributed by atoms with Crippen LogP contribution in [-0.4, -0.2) is 53.5 Å². The van der Waals surface area contributed by atoms with E-state index in [4.69, 9.17) is 14.2 Å². The molecule has 1 aliphatic heterocycles. The molecule has 0 bridgehead atoms. The van der Waals surface area contributed by atoms with Gasteiger partial charge in [0.15, 0.2) is 17.6 Å². The van der Waals surface area contributed by atoms with Gasteiger partial charge < -0.3 is 29.2 Å². The third-order valence-corrected chi connectivity index (χ3v) is 5.35.